The molecule has 5 heteroatoms. The minimum atomic E-state index is -0.500. The molecular formula is C17H17BrFNO2. The van der Waals surface area contributed by atoms with E-state index in [0.717, 1.165) is 5.56 Å². The third kappa shape index (κ3) is 4.84. The van der Waals surface area contributed by atoms with Crippen LogP contribution >= 0.6 is 15.9 Å². The van der Waals surface area contributed by atoms with Crippen molar-refractivity contribution < 1.29 is 13.9 Å². The van der Waals surface area contributed by atoms with Crippen LogP contribution in [0.2, 0.25) is 0 Å². The van der Waals surface area contributed by atoms with Crippen molar-refractivity contribution in [1.82, 2.24) is 5.32 Å². The molecule has 0 aliphatic carbocycles. The number of amides is 1. The average Bonchev–Trinajstić information content (AvgIpc) is 2.52. The van der Waals surface area contributed by atoms with Crippen molar-refractivity contribution in [3.63, 3.8) is 0 Å². The number of carbonyl (C=O) groups excluding carboxylic acids is 1. The van der Waals surface area contributed by atoms with Gasteiger partial charge < -0.3 is 10.1 Å². The van der Waals surface area contributed by atoms with Gasteiger partial charge in [-0.25, -0.2) is 4.39 Å². The smallest absolute Gasteiger partial charge is 0.257 e. The lowest BCUT2D eigenvalue weighted by Crippen LogP contribution is -2.31. The molecule has 1 N–H and O–H groups in total. The fourth-order valence-electron chi connectivity index (χ4n) is 1.95. The van der Waals surface area contributed by atoms with E-state index in [-0.39, 0.29) is 24.2 Å². The number of benzene rings is 2. The topological polar surface area (TPSA) is 38.3 Å². The Morgan fingerprint density at radius 3 is 2.68 bits per heavy atom. The van der Waals surface area contributed by atoms with E-state index in [4.69, 9.17) is 4.74 Å². The van der Waals surface area contributed by atoms with Crippen LogP contribution in [0.3, 0.4) is 0 Å². The molecule has 116 valence electrons. The maximum atomic E-state index is 13.5. The second-order valence-corrected chi connectivity index (χ2v) is 5.89. The van der Waals surface area contributed by atoms with Gasteiger partial charge in [-0.15, -0.1) is 0 Å². The fraction of sp³-hybridized carbons (Fsp3) is 0.235. The molecule has 0 spiro atoms. The van der Waals surface area contributed by atoms with Crippen LogP contribution in [-0.2, 0) is 4.79 Å². The first-order valence-electron chi connectivity index (χ1n) is 6.95. The van der Waals surface area contributed by atoms with Crippen LogP contribution in [-0.4, -0.2) is 19.1 Å². The van der Waals surface area contributed by atoms with Crippen LogP contribution in [0.5, 0.6) is 5.75 Å². The maximum absolute atomic E-state index is 13.5. The minimum absolute atomic E-state index is 0.0643. The summed E-state index contributed by atoms with van der Waals surface area (Å²) in [6, 6.07) is 14.4. The zero-order valence-electron chi connectivity index (χ0n) is 12.2. The second-order valence-electron chi connectivity index (χ2n) is 4.98. The Morgan fingerprint density at radius 2 is 2.00 bits per heavy atom. The Hall–Kier alpha value is -1.88. The third-order valence-corrected chi connectivity index (χ3v) is 3.72. The first-order valence-corrected chi connectivity index (χ1v) is 7.75. The molecule has 1 amide bonds. The predicted octanol–water partition coefficient (Wildman–Crippen LogP) is 3.89. The maximum Gasteiger partial charge on any atom is 0.257 e. The van der Waals surface area contributed by atoms with Gasteiger partial charge in [-0.3, -0.25) is 4.79 Å². The van der Waals surface area contributed by atoms with E-state index in [1.54, 1.807) is 6.07 Å². The van der Waals surface area contributed by atoms with E-state index in [1.165, 1.54) is 12.1 Å². The molecule has 0 heterocycles. The normalized spacial score (nSPS) is 11.8. The zero-order valence-corrected chi connectivity index (χ0v) is 13.8. The number of ether oxygens (including phenoxy) is 1. The summed E-state index contributed by atoms with van der Waals surface area (Å²) in [4.78, 5) is 11.8. The summed E-state index contributed by atoms with van der Waals surface area (Å²) in [5.74, 6) is -0.506. The molecular weight excluding hydrogens is 349 g/mol. The summed E-state index contributed by atoms with van der Waals surface area (Å²) in [7, 11) is 0. The zero-order chi connectivity index (χ0) is 15.9. The minimum Gasteiger partial charge on any atom is -0.481 e. The summed E-state index contributed by atoms with van der Waals surface area (Å²) in [5, 5.41) is 2.79. The van der Waals surface area contributed by atoms with Gasteiger partial charge in [-0.05, 0) is 29.7 Å². The first kappa shape index (κ1) is 16.5. The van der Waals surface area contributed by atoms with Crippen LogP contribution in [0.15, 0.2) is 53.0 Å². The molecule has 0 bridgehead atoms. The van der Waals surface area contributed by atoms with Crippen LogP contribution in [0.25, 0.3) is 0 Å². The van der Waals surface area contributed by atoms with E-state index in [2.05, 4.69) is 21.2 Å². The highest BCUT2D eigenvalue weighted by Crippen LogP contribution is 2.21. The Kier molecular flexibility index (Phi) is 5.95. The highest BCUT2D eigenvalue weighted by Gasteiger charge is 2.10. The molecule has 2 rings (SSSR count). The second kappa shape index (κ2) is 7.94. The van der Waals surface area contributed by atoms with Gasteiger partial charge >= 0.3 is 0 Å². The van der Waals surface area contributed by atoms with E-state index >= 15 is 0 Å². The van der Waals surface area contributed by atoms with Crippen molar-refractivity contribution in [2.24, 2.45) is 0 Å². The average molecular weight is 366 g/mol. The summed E-state index contributed by atoms with van der Waals surface area (Å²) < 4.78 is 19.4. The molecule has 0 aromatic heterocycles. The largest absolute Gasteiger partial charge is 0.481 e. The lowest BCUT2D eigenvalue weighted by atomic mass is 10.0. The van der Waals surface area contributed by atoms with Crippen LogP contribution < -0.4 is 10.1 Å². The van der Waals surface area contributed by atoms with Gasteiger partial charge in [-0.2, -0.15) is 0 Å². The predicted molar refractivity (Wildman–Crippen MR) is 87.5 cm³/mol. The third-order valence-electron chi connectivity index (χ3n) is 3.23. The van der Waals surface area contributed by atoms with Gasteiger partial charge in [-0.1, -0.05) is 53.2 Å². The molecule has 2 aromatic rings. The van der Waals surface area contributed by atoms with Crippen LogP contribution in [0.1, 0.15) is 18.4 Å². The van der Waals surface area contributed by atoms with Gasteiger partial charge in [0.2, 0.25) is 0 Å². The Bertz CT molecular complexity index is 634. The van der Waals surface area contributed by atoms with Crippen molar-refractivity contribution in [2.75, 3.05) is 13.2 Å². The van der Waals surface area contributed by atoms with Crippen molar-refractivity contribution in [2.45, 2.75) is 12.8 Å². The highest BCUT2D eigenvalue weighted by atomic mass is 79.9. The Morgan fingerprint density at radius 1 is 1.27 bits per heavy atom. The molecule has 1 atom stereocenters. The lowest BCUT2D eigenvalue weighted by molar-refractivity contribution is -0.123. The molecule has 2 aromatic carbocycles. The molecule has 0 aliphatic heterocycles. The van der Waals surface area contributed by atoms with Gasteiger partial charge in [0.25, 0.3) is 5.91 Å². The van der Waals surface area contributed by atoms with Crippen LogP contribution in [0, 0.1) is 5.82 Å². The quantitative estimate of drug-likeness (QED) is 0.843. The Balaban J connectivity index is 1.78. The summed E-state index contributed by atoms with van der Waals surface area (Å²) in [5.41, 5.74) is 1.16. The molecule has 22 heavy (non-hydrogen) atoms. The molecule has 0 aliphatic rings. The number of hydrogen-bond donors (Lipinski definition) is 1. The van der Waals surface area contributed by atoms with Gasteiger partial charge in [0.15, 0.2) is 18.2 Å². The molecule has 0 saturated heterocycles. The molecule has 3 nitrogen and oxygen atoms in total. The summed E-state index contributed by atoms with van der Waals surface area (Å²) >= 11 is 3.16. The SMILES string of the molecule is CC(CNC(=O)COc1ccc(Br)cc1F)c1ccccc1. The molecule has 0 radical (unpaired) electrons. The molecule has 0 saturated carbocycles. The van der Waals surface area contributed by atoms with Gasteiger partial charge in [0.05, 0.1) is 0 Å². The fourth-order valence-corrected chi connectivity index (χ4v) is 2.29. The molecule has 1 unspecified atom stereocenters. The van der Waals surface area contributed by atoms with E-state index in [9.17, 15) is 9.18 Å². The molecule has 0 fully saturated rings. The van der Waals surface area contributed by atoms with E-state index in [0.29, 0.717) is 11.0 Å². The monoisotopic (exact) mass is 365 g/mol. The van der Waals surface area contributed by atoms with Gasteiger partial charge in [0.1, 0.15) is 0 Å². The van der Waals surface area contributed by atoms with Crippen molar-refractivity contribution in [3.8, 4) is 5.75 Å². The van der Waals surface area contributed by atoms with Crippen molar-refractivity contribution >= 4 is 21.8 Å². The van der Waals surface area contributed by atoms with Crippen molar-refractivity contribution in [3.05, 3.63) is 64.4 Å². The highest BCUT2D eigenvalue weighted by molar-refractivity contribution is 9.10. The van der Waals surface area contributed by atoms with E-state index in [1.807, 2.05) is 37.3 Å². The number of hydrogen-bond acceptors (Lipinski definition) is 2. The van der Waals surface area contributed by atoms with Crippen LogP contribution in [0.4, 0.5) is 4.39 Å². The first-order chi connectivity index (χ1) is 10.6. The van der Waals surface area contributed by atoms with Crippen molar-refractivity contribution in [1.29, 1.82) is 0 Å². The standard InChI is InChI=1S/C17H17BrFNO2/c1-12(13-5-3-2-4-6-13)10-20-17(21)11-22-16-8-7-14(18)9-15(16)19/h2-9,12H,10-11H2,1H3,(H,20,21). The van der Waals surface area contributed by atoms with E-state index < -0.39 is 5.82 Å². The summed E-state index contributed by atoms with van der Waals surface area (Å²) in [6.07, 6.45) is 0. The Labute approximate surface area is 137 Å². The number of carbonyl (C=O) groups is 1. The summed E-state index contributed by atoms with van der Waals surface area (Å²) in [6.45, 7) is 2.33. The number of halogens is 2. The number of nitrogens with one attached hydrogen (secondary N) is 1. The van der Waals surface area contributed by atoms with Gasteiger partial charge in [0, 0.05) is 11.0 Å². The lowest BCUT2D eigenvalue weighted by Gasteiger charge is -2.13. The number of rotatable bonds is 6.